The standard InChI is InChI=1S/C13H16N4O4/c1-8(6-12(18)19)17-13(14-15-16-17)10-5-4-9(20-2)7-11(10)21-3/h4-5,7-8H,6H2,1-3H3,(H,18,19). The van der Waals surface area contributed by atoms with Gasteiger partial charge in [0, 0.05) is 6.07 Å². The van der Waals surface area contributed by atoms with Crippen molar-refractivity contribution in [3.63, 3.8) is 0 Å². The Balaban J connectivity index is 2.43. The minimum Gasteiger partial charge on any atom is -0.497 e. The van der Waals surface area contributed by atoms with Crippen molar-refractivity contribution in [2.45, 2.75) is 19.4 Å². The minimum atomic E-state index is -0.911. The number of benzene rings is 1. The molecule has 0 saturated heterocycles. The van der Waals surface area contributed by atoms with Crippen molar-refractivity contribution in [3.8, 4) is 22.9 Å². The average Bonchev–Trinajstić information content (AvgIpc) is 2.95. The lowest BCUT2D eigenvalue weighted by molar-refractivity contribution is -0.137. The van der Waals surface area contributed by atoms with Gasteiger partial charge < -0.3 is 14.6 Å². The van der Waals surface area contributed by atoms with Crippen LogP contribution in [-0.4, -0.2) is 45.5 Å². The quantitative estimate of drug-likeness (QED) is 0.858. The van der Waals surface area contributed by atoms with Crippen molar-refractivity contribution in [3.05, 3.63) is 18.2 Å². The second kappa shape index (κ2) is 6.21. The first-order valence-corrected chi connectivity index (χ1v) is 6.29. The summed E-state index contributed by atoms with van der Waals surface area (Å²) in [6.07, 6.45) is -0.0729. The molecule has 1 atom stereocenters. The third kappa shape index (κ3) is 3.10. The monoisotopic (exact) mass is 292 g/mol. The SMILES string of the molecule is COc1ccc(-c2nnnn2C(C)CC(=O)O)c(OC)c1. The normalized spacial score (nSPS) is 12.0. The van der Waals surface area contributed by atoms with Crippen LogP contribution in [0.4, 0.5) is 0 Å². The Morgan fingerprint density at radius 2 is 2.14 bits per heavy atom. The van der Waals surface area contributed by atoms with Crippen molar-refractivity contribution in [2.75, 3.05) is 14.2 Å². The van der Waals surface area contributed by atoms with Crippen LogP contribution in [0.1, 0.15) is 19.4 Å². The maximum atomic E-state index is 10.8. The minimum absolute atomic E-state index is 0.0729. The van der Waals surface area contributed by atoms with E-state index >= 15 is 0 Å². The lowest BCUT2D eigenvalue weighted by Crippen LogP contribution is -2.13. The fourth-order valence-corrected chi connectivity index (χ4v) is 1.99. The molecule has 0 fully saturated rings. The van der Waals surface area contributed by atoms with E-state index in [0.717, 1.165) is 0 Å². The Labute approximate surface area is 121 Å². The molecule has 0 aliphatic rings. The summed E-state index contributed by atoms with van der Waals surface area (Å²) in [6, 6.07) is 4.88. The van der Waals surface area contributed by atoms with Crippen molar-refractivity contribution in [2.24, 2.45) is 0 Å². The van der Waals surface area contributed by atoms with Gasteiger partial charge in [-0.2, -0.15) is 0 Å². The topological polar surface area (TPSA) is 99.4 Å². The summed E-state index contributed by atoms with van der Waals surface area (Å²) in [4.78, 5) is 10.8. The molecule has 2 aromatic rings. The summed E-state index contributed by atoms with van der Waals surface area (Å²) in [5.74, 6) is 0.732. The summed E-state index contributed by atoms with van der Waals surface area (Å²) in [5.41, 5.74) is 0.667. The van der Waals surface area contributed by atoms with E-state index in [9.17, 15) is 4.79 Å². The molecular weight excluding hydrogens is 276 g/mol. The number of tetrazole rings is 1. The van der Waals surface area contributed by atoms with Crippen molar-refractivity contribution >= 4 is 5.97 Å². The number of hydrogen-bond donors (Lipinski definition) is 1. The fourth-order valence-electron chi connectivity index (χ4n) is 1.99. The Bertz CT molecular complexity index is 641. The number of rotatable bonds is 6. The molecule has 8 heteroatoms. The van der Waals surface area contributed by atoms with Crippen molar-refractivity contribution in [1.29, 1.82) is 0 Å². The van der Waals surface area contributed by atoms with E-state index in [2.05, 4.69) is 15.5 Å². The van der Waals surface area contributed by atoms with Crippen LogP contribution < -0.4 is 9.47 Å². The van der Waals surface area contributed by atoms with Crippen LogP contribution in [0.15, 0.2) is 18.2 Å². The molecule has 1 unspecified atom stereocenters. The summed E-state index contributed by atoms with van der Waals surface area (Å²) in [7, 11) is 3.10. The summed E-state index contributed by atoms with van der Waals surface area (Å²) >= 11 is 0. The summed E-state index contributed by atoms with van der Waals surface area (Å²) < 4.78 is 11.9. The van der Waals surface area contributed by atoms with E-state index in [1.54, 1.807) is 32.2 Å². The molecule has 8 nitrogen and oxygen atoms in total. The number of carboxylic acids is 1. The van der Waals surface area contributed by atoms with Gasteiger partial charge in [-0.25, -0.2) is 4.68 Å². The van der Waals surface area contributed by atoms with Gasteiger partial charge in [0.1, 0.15) is 11.5 Å². The van der Waals surface area contributed by atoms with E-state index in [1.807, 2.05) is 0 Å². The van der Waals surface area contributed by atoms with Gasteiger partial charge in [-0.1, -0.05) is 0 Å². The lowest BCUT2D eigenvalue weighted by atomic mass is 10.1. The smallest absolute Gasteiger partial charge is 0.305 e. The molecule has 21 heavy (non-hydrogen) atoms. The van der Waals surface area contributed by atoms with Crippen LogP contribution in [0.5, 0.6) is 11.5 Å². The first-order chi connectivity index (χ1) is 10.1. The zero-order valence-electron chi connectivity index (χ0n) is 12.0. The molecule has 2 rings (SSSR count). The highest BCUT2D eigenvalue weighted by Crippen LogP contribution is 2.32. The van der Waals surface area contributed by atoms with Crippen LogP contribution in [-0.2, 0) is 4.79 Å². The largest absolute Gasteiger partial charge is 0.497 e. The Morgan fingerprint density at radius 3 is 2.76 bits per heavy atom. The molecule has 0 amide bonds. The lowest BCUT2D eigenvalue weighted by Gasteiger charge is -2.13. The summed E-state index contributed by atoms with van der Waals surface area (Å²) in [6.45, 7) is 1.74. The molecule has 0 spiro atoms. The van der Waals surface area contributed by atoms with E-state index in [4.69, 9.17) is 14.6 Å². The molecule has 1 aromatic heterocycles. The maximum absolute atomic E-state index is 10.8. The third-order valence-electron chi connectivity index (χ3n) is 3.03. The summed E-state index contributed by atoms with van der Waals surface area (Å²) in [5, 5.41) is 20.4. The van der Waals surface area contributed by atoms with Crippen LogP contribution in [0.3, 0.4) is 0 Å². The van der Waals surface area contributed by atoms with E-state index in [-0.39, 0.29) is 12.5 Å². The average molecular weight is 292 g/mol. The predicted molar refractivity (Wildman–Crippen MR) is 73.3 cm³/mol. The number of nitrogens with zero attached hydrogens (tertiary/aromatic N) is 4. The Kier molecular flexibility index (Phi) is 4.36. The van der Waals surface area contributed by atoms with E-state index < -0.39 is 5.97 Å². The maximum Gasteiger partial charge on any atom is 0.305 e. The van der Waals surface area contributed by atoms with Crippen molar-refractivity contribution in [1.82, 2.24) is 20.2 Å². The van der Waals surface area contributed by atoms with Gasteiger partial charge in [0.25, 0.3) is 0 Å². The van der Waals surface area contributed by atoms with Crippen LogP contribution in [0.2, 0.25) is 0 Å². The fraction of sp³-hybridized carbons (Fsp3) is 0.385. The third-order valence-corrected chi connectivity index (χ3v) is 3.03. The van der Waals surface area contributed by atoms with Gasteiger partial charge in [0.2, 0.25) is 0 Å². The molecule has 1 heterocycles. The number of carbonyl (C=O) groups is 1. The van der Waals surface area contributed by atoms with Gasteiger partial charge in [-0.3, -0.25) is 4.79 Å². The van der Waals surface area contributed by atoms with Gasteiger partial charge in [0.15, 0.2) is 5.82 Å². The molecule has 112 valence electrons. The van der Waals surface area contributed by atoms with Crippen LogP contribution in [0.25, 0.3) is 11.4 Å². The van der Waals surface area contributed by atoms with Gasteiger partial charge in [-0.05, 0) is 29.5 Å². The molecule has 0 aliphatic carbocycles. The van der Waals surface area contributed by atoms with Gasteiger partial charge >= 0.3 is 5.97 Å². The number of ether oxygens (including phenoxy) is 2. The number of aromatic nitrogens is 4. The van der Waals surface area contributed by atoms with E-state index in [1.165, 1.54) is 11.8 Å². The molecule has 1 N–H and O–H groups in total. The Hall–Kier alpha value is -2.64. The number of hydrogen-bond acceptors (Lipinski definition) is 6. The van der Waals surface area contributed by atoms with Crippen molar-refractivity contribution < 1.29 is 19.4 Å². The highest BCUT2D eigenvalue weighted by molar-refractivity contribution is 5.68. The van der Waals surface area contributed by atoms with Gasteiger partial charge in [0.05, 0.1) is 32.2 Å². The van der Waals surface area contributed by atoms with Crippen LogP contribution in [0, 0.1) is 0 Å². The van der Waals surface area contributed by atoms with Crippen LogP contribution >= 0.6 is 0 Å². The molecule has 0 saturated carbocycles. The Morgan fingerprint density at radius 1 is 1.38 bits per heavy atom. The number of carboxylic acid groups (broad SMARTS) is 1. The molecular formula is C13H16N4O4. The number of methoxy groups -OCH3 is 2. The van der Waals surface area contributed by atoms with Gasteiger partial charge in [-0.15, -0.1) is 5.10 Å². The first-order valence-electron chi connectivity index (χ1n) is 6.29. The van der Waals surface area contributed by atoms with E-state index in [0.29, 0.717) is 22.9 Å². The predicted octanol–water partition coefficient (Wildman–Crippen LogP) is 1.39. The number of aliphatic carboxylic acids is 1. The zero-order chi connectivity index (χ0) is 15.4. The zero-order valence-corrected chi connectivity index (χ0v) is 12.0. The molecule has 1 aromatic carbocycles. The second-order valence-electron chi connectivity index (χ2n) is 4.46. The highest BCUT2D eigenvalue weighted by Gasteiger charge is 2.20. The second-order valence-corrected chi connectivity index (χ2v) is 4.46. The molecule has 0 radical (unpaired) electrons. The molecule has 0 aliphatic heterocycles. The first kappa shape index (κ1) is 14.8. The highest BCUT2D eigenvalue weighted by atomic mass is 16.5. The molecule has 0 bridgehead atoms.